The van der Waals surface area contributed by atoms with Gasteiger partial charge >= 0.3 is 0 Å². The van der Waals surface area contributed by atoms with Crippen molar-refractivity contribution in [1.29, 1.82) is 0 Å². The van der Waals surface area contributed by atoms with Gasteiger partial charge in [-0.25, -0.2) is 0 Å². The number of aryl methyl sites for hydroxylation is 4. The van der Waals surface area contributed by atoms with Crippen molar-refractivity contribution in [2.24, 2.45) is 5.41 Å². The Morgan fingerprint density at radius 2 is 1.55 bits per heavy atom. The minimum absolute atomic E-state index is 0. The van der Waals surface area contributed by atoms with E-state index in [-0.39, 0.29) is 59.0 Å². The zero-order valence-corrected chi connectivity index (χ0v) is 30.5. The molecule has 1 radical (unpaired) electrons. The predicted octanol–water partition coefficient (Wildman–Crippen LogP) is 12.7. The molecule has 0 bridgehead atoms. The molecule has 1 aliphatic carbocycles. The van der Waals surface area contributed by atoms with E-state index >= 15 is 0 Å². The monoisotopic (exact) mass is 864 g/mol. The Morgan fingerprint density at radius 1 is 0.784 bits per heavy atom. The summed E-state index contributed by atoms with van der Waals surface area (Å²) in [5.41, 5.74) is 3.65. The van der Waals surface area contributed by atoms with Gasteiger partial charge in [0.05, 0.1) is 5.58 Å². The van der Waals surface area contributed by atoms with Gasteiger partial charge in [0.1, 0.15) is 5.58 Å². The molecule has 0 spiro atoms. The van der Waals surface area contributed by atoms with E-state index in [1.807, 2.05) is 30.3 Å². The summed E-state index contributed by atoms with van der Waals surface area (Å²) in [7, 11) is 0. The summed E-state index contributed by atoms with van der Waals surface area (Å²) in [6.45, 7) is -5.82. The number of rotatable bonds is 4. The molecule has 261 valence electrons. The van der Waals surface area contributed by atoms with Gasteiger partial charge in [-0.2, -0.15) is 0 Å². The fourth-order valence-electron chi connectivity index (χ4n) is 6.38. The maximum Gasteiger partial charge on any atom is 0.120 e. The summed E-state index contributed by atoms with van der Waals surface area (Å²) in [5, 5.41) is 1.82. The van der Waals surface area contributed by atoms with E-state index in [9.17, 15) is 5.76 Å². The molecule has 4 aromatic carbocycles. The Morgan fingerprint density at radius 3 is 2.31 bits per heavy atom. The summed E-state index contributed by atoms with van der Waals surface area (Å²) in [4.78, 5) is 8.46. The van der Waals surface area contributed by atoms with Gasteiger partial charge in [0.2, 0.25) is 0 Å². The number of pyridine rings is 2. The third-order valence-electron chi connectivity index (χ3n) is 9.38. The molecule has 3 nitrogen and oxygen atoms in total. The van der Waals surface area contributed by atoms with Crippen molar-refractivity contribution in [3.05, 3.63) is 143 Å². The minimum atomic E-state index is -2.58. The second-order valence-electron chi connectivity index (χ2n) is 13.4. The molecule has 1 saturated carbocycles. The van der Waals surface area contributed by atoms with Crippen molar-refractivity contribution in [3.63, 3.8) is 0 Å². The molecule has 8 rings (SSSR count). The number of nitrogens with zero attached hydrogens (tertiary/aromatic N) is 2. The summed E-state index contributed by atoms with van der Waals surface area (Å²) in [6.07, 6.45) is 5.36. The van der Waals surface area contributed by atoms with Crippen LogP contribution in [0.3, 0.4) is 0 Å². The first-order valence-corrected chi connectivity index (χ1v) is 16.4. The Labute approximate surface area is 333 Å². The van der Waals surface area contributed by atoms with Crippen molar-refractivity contribution in [3.8, 4) is 33.6 Å². The largest absolute Gasteiger partial charge is 0.501 e. The third kappa shape index (κ3) is 7.76. The van der Waals surface area contributed by atoms with Crippen LogP contribution in [0, 0.1) is 50.8 Å². The van der Waals surface area contributed by atoms with E-state index in [1.165, 1.54) is 24.4 Å². The fourth-order valence-corrected chi connectivity index (χ4v) is 6.38. The number of halogens is 1. The number of hydrogen-bond donors (Lipinski definition) is 0. The van der Waals surface area contributed by atoms with Crippen molar-refractivity contribution in [2.75, 3.05) is 0 Å². The van der Waals surface area contributed by atoms with Crippen molar-refractivity contribution in [2.45, 2.75) is 72.8 Å². The van der Waals surface area contributed by atoms with Crippen molar-refractivity contribution < 1.29 is 46.7 Å². The molecule has 7 aromatic rings. The van der Waals surface area contributed by atoms with Gasteiger partial charge in [-0.15, -0.1) is 48.0 Å². The van der Waals surface area contributed by atoms with Gasteiger partial charge in [-0.1, -0.05) is 78.9 Å². The second-order valence-corrected chi connectivity index (χ2v) is 13.4. The van der Waals surface area contributed by atoms with E-state index < -0.39 is 39.1 Å². The van der Waals surface area contributed by atoms with Crippen LogP contribution in [0.4, 0.5) is 4.39 Å². The maximum absolute atomic E-state index is 12.9. The van der Waals surface area contributed by atoms with Crippen molar-refractivity contribution in [1.82, 2.24) is 9.97 Å². The molecule has 0 aliphatic heterocycles. The van der Waals surface area contributed by atoms with Gasteiger partial charge in [0.15, 0.2) is 0 Å². The van der Waals surface area contributed by atoms with E-state index in [1.54, 1.807) is 30.3 Å². The Bertz CT molecular complexity index is 2800. The van der Waals surface area contributed by atoms with Gasteiger partial charge in [-0.3, -0.25) is 4.39 Å². The molecular weight excluding hydrogens is 808 g/mol. The van der Waals surface area contributed by atoms with E-state index in [4.69, 9.17) is 20.9 Å². The molecule has 1 aliphatic rings. The van der Waals surface area contributed by atoms with Crippen LogP contribution in [-0.2, 0) is 20.1 Å². The van der Waals surface area contributed by atoms with Gasteiger partial charge < -0.3 is 14.4 Å². The molecule has 0 amide bonds. The first-order valence-electron chi connectivity index (χ1n) is 22.9. The zero-order chi connectivity index (χ0) is 45.9. The first kappa shape index (κ1) is 23.2. The molecule has 51 heavy (non-hydrogen) atoms. The van der Waals surface area contributed by atoms with Crippen LogP contribution < -0.4 is 0 Å². The molecule has 0 unspecified atom stereocenters. The Hall–Kier alpha value is -4.44. The summed E-state index contributed by atoms with van der Waals surface area (Å²) in [5.74, 6) is -1.37. The zero-order valence-electron chi connectivity index (χ0n) is 41.1. The van der Waals surface area contributed by atoms with Crippen molar-refractivity contribution >= 4 is 21.9 Å². The Balaban J connectivity index is 0.000000261. The van der Waals surface area contributed by atoms with Crippen LogP contribution in [0.5, 0.6) is 0 Å². The van der Waals surface area contributed by atoms with Crippen LogP contribution in [0.15, 0.2) is 102 Å². The van der Waals surface area contributed by atoms with Crippen LogP contribution in [-0.4, -0.2) is 9.97 Å². The van der Waals surface area contributed by atoms with Gasteiger partial charge in [-0.05, 0) is 115 Å². The third-order valence-corrected chi connectivity index (χ3v) is 9.38. The van der Waals surface area contributed by atoms with E-state index in [0.29, 0.717) is 52.0 Å². The fraction of sp³-hybridized carbons (Fsp3) is 0.261. The standard InChI is InChI=1S/C33H32NO.C13H11FN.Ir/c1-21-18-24(23-14-16-33(3,4)17-15-23)12-13-25(21)29-19-30(34-20-22(29)2)28-10-7-9-27-26-8-5-6-11-31(26)35-32(27)28;1-9-7-13(15-8-10(9)2)11-3-5-12(14)6-4-11;/h5-9,11-13,18-20,23H,14-17H2,1-4H3;3,5-8H,1-2H3;/q2*-1;/i1D3,2D3,23D;1D3,2D3;. The Kier molecular flexibility index (Phi) is 6.84. The van der Waals surface area contributed by atoms with E-state index in [0.717, 1.165) is 35.9 Å². The van der Waals surface area contributed by atoms with Gasteiger partial charge in [0, 0.05) is 61.5 Å². The average molecular weight is 864 g/mol. The van der Waals surface area contributed by atoms with Crippen LogP contribution in [0.2, 0.25) is 0 Å². The van der Waals surface area contributed by atoms with Crippen LogP contribution in [0.25, 0.3) is 55.6 Å². The molecule has 3 heterocycles. The molecule has 0 atom stereocenters. The first-order chi connectivity index (χ1) is 29.2. The number of benzene rings is 4. The predicted molar refractivity (Wildman–Crippen MR) is 204 cm³/mol. The number of hydrogen-bond acceptors (Lipinski definition) is 3. The van der Waals surface area contributed by atoms with E-state index in [2.05, 4.69) is 35.9 Å². The summed E-state index contributed by atoms with van der Waals surface area (Å²) >= 11 is 0. The number of fused-ring (bicyclic) bond motifs is 3. The average Bonchev–Trinajstić information content (AvgIpc) is 3.60. The summed E-state index contributed by atoms with van der Waals surface area (Å²) < 4.78 is 123. The maximum atomic E-state index is 12.9. The van der Waals surface area contributed by atoms with Gasteiger partial charge in [0.25, 0.3) is 0 Å². The molecular formula is C46H43FIrN2O-2. The van der Waals surface area contributed by atoms with Crippen LogP contribution in [0.1, 0.15) is 91.1 Å². The van der Waals surface area contributed by atoms with Crippen LogP contribution >= 0.6 is 0 Å². The number of furan rings is 1. The molecule has 0 saturated heterocycles. The topological polar surface area (TPSA) is 38.9 Å². The molecule has 3 aromatic heterocycles. The molecule has 1 fully saturated rings. The summed E-state index contributed by atoms with van der Waals surface area (Å²) in [6, 6.07) is 28.8. The quantitative estimate of drug-likeness (QED) is 0.166. The molecule has 5 heteroatoms. The minimum Gasteiger partial charge on any atom is -0.501 e. The number of para-hydroxylation sites is 1. The number of aromatic nitrogens is 2. The second kappa shape index (κ2) is 15.0. The molecule has 0 N–H and O–H groups in total. The normalized spacial score (nSPS) is 19.5. The SMILES string of the molecule is [2H]C([2H])([2H])c1cnc(-c2[c-]cc(F)cc2)cc1C([2H])([2H])[2H].[2H]C([2H])([2H])c1cnc(-c2[c-]ccc3c2oc2ccccc23)cc1-c1ccc(C2([2H])CCC(C)(C)CC2)cc1C([2H])([2H])[2H].[Ir]. The smallest absolute Gasteiger partial charge is 0.120 e.